The van der Waals surface area contributed by atoms with Crippen LogP contribution in [-0.2, 0) is 14.4 Å². The molecule has 2 aliphatic carbocycles. The average Bonchev–Trinajstić information content (AvgIpc) is 3.34. The third-order valence-corrected chi connectivity index (χ3v) is 8.22. The van der Waals surface area contributed by atoms with Crippen molar-refractivity contribution in [2.45, 2.75) is 13.8 Å². The van der Waals surface area contributed by atoms with E-state index in [1.807, 2.05) is 74.5 Å². The smallest absolute Gasteiger partial charge is 0.239 e. The number of nitrogens with zero attached hydrogens (tertiary/aromatic N) is 1. The van der Waals surface area contributed by atoms with Gasteiger partial charge in [-0.25, -0.2) is 4.90 Å². The highest BCUT2D eigenvalue weighted by Gasteiger charge is 2.78. The van der Waals surface area contributed by atoms with Gasteiger partial charge in [-0.15, -0.1) is 0 Å². The predicted molar refractivity (Wildman–Crippen MR) is 133 cm³/mol. The van der Waals surface area contributed by atoms with E-state index in [1.165, 1.54) is 4.90 Å². The van der Waals surface area contributed by atoms with Crippen LogP contribution in [0.5, 0.6) is 5.75 Å². The van der Waals surface area contributed by atoms with Crippen molar-refractivity contribution in [3.8, 4) is 5.75 Å². The normalized spacial score (nSPS) is 29.2. The zero-order valence-corrected chi connectivity index (χ0v) is 19.8. The molecule has 1 aliphatic heterocycles. The molecule has 174 valence electrons. The molecule has 2 amide bonds. The van der Waals surface area contributed by atoms with Crippen LogP contribution < -0.4 is 9.64 Å². The molecule has 0 aromatic heterocycles. The molecule has 1 heterocycles. The number of fused-ring (bicyclic) bond motifs is 5. The minimum Gasteiger partial charge on any atom is -0.497 e. The Morgan fingerprint density at radius 3 is 1.63 bits per heavy atom. The van der Waals surface area contributed by atoms with Gasteiger partial charge in [-0.1, -0.05) is 66.7 Å². The number of hydrogen-bond donors (Lipinski definition) is 0. The van der Waals surface area contributed by atoms with Crippen LogP contribution in [0.1, 0.15) is 25.0 Å². The summed E-state index contributed by atoms with van der Waals surface area (Å²) in [6, 6.07) is 26.5. The second kappa shape index (κ2) is 7.25. The molecule has 1 saturated heterocycles. The number of ether oxygens (including phenoxy) is 1. The molecule has 4 unspecified atom stereocenters. The van der Waals surface area contributed by atoms with Crippen molar-refractivity contribution in [1.29, 1.82) is 0 Å². The largest absolute Gasteiger partial charge is 0.497 e. The molecule has 0 N–H and O–H groups in total. The number of allylic oxidation sites excluding steroid dienone is 2. The molecule has 3 aliphatic rings. The summed E-state index contributed by atoms with van der Waals surface area (Å²) in [7, 11) is 1.55. The molecule has 5 heteroatoms. The number of benzene rings is 3. The fourth-order valence-corrected chi connectivity index (χ4v) is 6.81. The average molecular weight is 464 g/mol. The standard InChI is InChI=1S/C30H25NO4/c1-29-22(18-11-6-4-7-12-18)23(19-13-8-5-9-14-19)30(2,28(29)34)25-24(29)26(32)31(27(25)33)20-15-10-16-21(17-20)35-3/h4-17,24-25H,1-3H3. The van der Waals surface area contributed by atoms with Crippen LogP contribution >= 0.6 is 0 Å². The highest BCUT2D eigenvalue weighted by atomic mass is 16.5. The maximum Gasteiger partial charge on any atom is 0.239 e. The zero-order chi connectivity index (χ0) is 24.5. The predicted octanol–water partition coefficient (Wildman–Crippen LogP) is 5.02. The van der Waals surface area contributed by atoms with Gasteiger partial charge < -0.3 is 4.74 Å². The molecule has 35 heavy (non-hydrogen) atoms. The highest BCUT2D eigenvalue weighted by Crippen LogP contribution is 2.73. The molecule has 6 rings (SSSR count). The summed E-state index contributed by atoms with van der Waals surface area (Å²) in [4.78, 5) is 43.5. The van der Waals surface area contributed by atoms with Gasteiger partial charge in [0.25, 0.3) is 0 Å². The van der Waals surface area contributed by atoms with E-state index in [-0.39, 0.29) is 17.6 Å². The summed E-state index contributed by atoms with van der Waals surface area (Å²) in [5.74, 6) is -1.67. The number of hydrogen-bond acceptors (Lipinski definition) is 4. The second-order valence-electron chi connectivity index (χ2n) is 9.88. The first-order valence-corrected chi connectivity index (χ1v) is 11.8. The Balaban J connectivity index is 1.60. The lowest BCUT2D eigenvalue weighted by Gasteiger charge is -2.35. The van der Waals surface area contributed by atoms with Gasteiger partial charge in [0.1, 0.15) is 5.75 Å². The van der Waals surface area contributed by atoms with E-state index >= 15 is 0 Å². The van der Waals surface area contributed by atoms with Crippen molar-refractivity contribution in [1.82, 2.24) is 0 Å². The topological polar surface area (TPSA) is 63.7 Å². The van der Waals surface area contributed by atoms with E-state index in [2.05, 4.69) is 0 Å². The molecular formula is C30H25NO4. The van der Waals surface area contributed by atoms with Gasteiger partial charge in [0.2, 0.25) is 11.8 Å². The molecule has 0 radical (unpaired) electrons. The van der Waals surface area contributed by atoms with Gasteiger partial charge in [-0.05, 0) is 48.3 Å². The molecule has 4 atom stereocenters. The number of carbonyl (C=O) groups excluding carboxylic acids is 3. The third kappa shape index (κ3) is 2.55. The van der Waals surface area contributed by atoms with Crippen molar-refractivity contribution < 1.29 is 19.1 Å². The highest BCUT2D eigenvalue weighted by molar-refractivity contribution is 6.34. The van der Waals surface area contributed by atoms with Crippen molar-refractivity contribution in [2.24, 2.45) is 22.7 Å². The minimum absolute atomic E-state index is 0.0512. The quantitative estimate of drug-likeness (QED) is 0.510. The maximum absolute atomic E-state index is 14.2. The zero-order valence-electron chi connectivity index (χ0n) is 19.8. The number of rotatable bonds is 4. The number of ketones is 1. The summed E-state index contributed by atoms with van der Waals surface area (Å²) < 4.78 is 5.33. The molecular weight excluding hydrogens is 438 g/mol. The first-order chi connectivity index (χ1) is 16.8. The van der Waals surface area contributed by atoms with E-state index in [4.69, 9.17) is 4.74 Å². The van der Waals surface area contributed by atoms with E-state index in [1.54, 1.807) is 31.4 Å². The Labute approximate surface area is 204 Å². The van der Waals surface area contributed by atoms with Crippen LogP contribution in [0, 0.1) is 22.7 Å². The molecule has 2 bridgehead atoms. The van der Waals surface area contributed by atoms with E-state index in [9.17, 15) is 14.4 Å². The fourth-order valence-electron chi connectivity index (χ4n) is 6.81. The summed E-state index contributed by atoms with van der Waals surface area (Å²) in [6.07, 6.45) is 0. The maximum atomic E-state index is 14.2. The third-order valence-electron chi connectivity index (χ3n) is 8.22. The Hall–Kier alpha value is -3.99. The van der Waals surface area contributed by atoms with Crippen LogP contribution in [0.15, 0.2) is 84.9 Å². The SMILES string of the molecule is COc1cccc(N2C(=O)C3C(C2=O)C2(C)C(=O)C3(C)C(c3ccccc3)=C2c2ccccc2)c1. The van der Waals surface area contributed by atoms with Gasteiger partial charge in [0.05, 0.1) is 35.5 Å². The van der Waals surface area contributed by atoms with Crippen LogP contribution in [0.2, 0.25) is 0 Å². The van der Waals surface area contributed by atoms with Crippen LogP contribution in [0.4, 0.5) is 5.69 Å². The molecule has 1 saturated carbocycles. The van der Waals surface area contributed by atoms with Gasteiger partial charge in [0.15, 0.2) is 5.78 Å². The van der Waals surface area contributed by atoms with Crippen molar-refractivity contribution in [2.75, 3.05) is 12.0 Å². The molecule has 3 aromatic carbocycles. The summed E-state index contributed by atoms with van der Waals surface area (Å²) in [5.41, 5.74) is 1.75. The minimum atomic E-state index is -1.12. The Kier molecular flexibility index (Phi) is 4.46. The van der Waals surface area contributed by atoms with Gasteiger partial charge in [-0.3, -0.25) is 14.4 Å². The first kappa shape index (κ1) is 21.5. The van der Waals surface area contributed by atoms with Crippen molar-refractivity contribution in [3.63, 3.8) is 0 Å². The second-order valence-corrected chi connectivity index (χ2v) is 9.88. The summed E-state index contributed by atoms with van der Waals surface area (Å²) in [5, 5.41) is 0. The number of imide groups is 1. The van der Waals surface area contributed by atoms with Crippen LogP contribution in [0.25, 0.3) is 11.1 Å². The van der Waals surface area contributed by atoms with Gasteiger partial charge >= 0.3 is 0 Å². The number of anilines is 1. The van der Waals surface area contributed by atoms with Gasteiger partial charge in [0, 0.05) is 6.07 Å². The number of methoxy groups -OCH3 is 1. The van der Waals surface area contributed by atoms with Crippen LogP contribution in [0.3, 0.4) is 0 Å². The van der Waals surface area contributed by atoms with E-state index in [0.717, 1.165) is 22.3 Å². The van der Waals surface area contributed by atoms with E-state index < -0.39 is 22.7 Å². The fraction of sp³-hybridized carbons (Fsp3) is 0.233. The molecule has 3 aromatic rings. The molecule has 0 spiro atoms. The van der Waals surface area contributed by atoms with Crippen molar-refractivity contribution >= 4 is 34.4 Å². The molecule has 2 fully saturated rings. The molecule has 5 nitrogen and oxygen atoms in total. The number of amides is 2. The van der Waals surface area contributed by atoms with Crippen molar-refractivity contribution in [3.05, 3.63) is 96.1 Å². The monoisotopic (exact) mass is 463 g/mol. The lowest BCUT2D eigenvalue weighted by Crippen LogP contribution is -2.40. The first-order valence-electron chi connectivity index (χ1n) is 11.8. The number of carbonyl (C=O) groups is 3. The van der Waals surface area contributed by atoms with Crippen LogP contribution in [-0.4, -0.2) is 24.7 Å². The lowest BCUT2D eigenvalue weighted by molar-refractivity contribution is -0.133. The summed E-state index contributed by atoms with van der Waals surface area (Å²) >= 11 is 0. The Morgan fingerprint density at radius 1 is 0.686 bits per heavy atom. The Morgan fingerprint density at radius 2 is 1.17 bits per heavy atom. The summed E-state index contributed by atoms with van der Waals surface area (Å²) in [6.45, 7) is 3.72. The van der Waals surface area contributed by atoms with E-state index in [0.29, 0.717) is 11.4 Å². The number of Topliss-reactive ketones (excluding diaryl/α,β-unsaturated/α-hetero) is 1. The lowest BCUT2D eigenvalue weighted by atomic mass is 9.63. The Bertz CT molecular complexity index is 1340. The van der Waals surface area contributed by atoms with Gasteiger partial charge in [-0.2, -0.15) is 0 Å².